The topological polar surface area (TPSA) is 89.9 Å². The molecule has 8 heteroatoms. The molecule has 0 heterocycles. The lowest BCUT2D eigenvalue weighted by atomic mass is 10.2. The number of carboxylic acids is 1. The van der Waals surface area contributed by atoms with Crippen LogP contribution in [0.5, 0.6) is 5.75 Å². The van der Waals surface area contributed by atoms with E-state index in [1.54, 1.807) is 12.1 Å². The van der Waals surface area contributed by atoms with Gasteiger partial charge in [-0.2, -0.15) is 8.42 Å². The molecule has 0 saturated heterocycles. The molecule has 0 aromatic heterocycles. The minimum atomic E-state index is -3.91. The molecule has 0 saturated carbocycles. The molecule has 6 nitrogen and oxygen atoms in total. The number of rotatable bonds is 7. The van der Waals surface area contributed by atoms with Crippen LogP contribution in [-0.4, -0.2) is 32.7 Å². The molecular formula is C16H15FO6S. The largest absolute Gasteiger partial charge is 0.491 e. The van der Waals surface area contributed by atoms with E-state index in [-0.39, 0.29) is 29.4 Å². The van der Waals surface area contributed by atoms with E-state index in [1.165, 1.54) is 12.1 Å². The normalized spacial score (nSPS) is 11.2. The van der Waals surface area contributed by atoms with Crippen molar-refractivity contribution in [3.63, 3.8) is 0 Å². The van der Waals surface area contributed by atoms with Crippen LogP contribution in [0.4, 0.5) is 4.39 Å². The molecule has 1 N–H and O–H groups in total. The summed E-state index contributed by atoms with van der Waals surface area (Å²) in [6.07, 6.45) is 0. The van der Waals surface area contributed by atoms with Crippen molar-refractivity contribution in [2.24, 2.45) is 0 Å². The molecule has 0 amide bonds. The molecule has 2 aromatic rings. The number of aromatic carboxylic acids is 1. The summed E-state index contributed by atoms with van der Waals surface area (Å²) >= 11 is 0. The molecule has 0 spiro atoms. The van der Waals surface area contributed by atoms with Crippen molar-refractivity contribution < 1.29 is 31.6 Å². The highest BCUT2D eigenvalue weighted by molar-refractivity contribution is 7.86. The maximum atomic E-state index is 13.3. The average Bonchev–Trinajstić information content (AvgIpc) is 2.51. The third-order valence-electron chi connectivity index (χ3n) is 3.02. The van der Waals surface area contributed by atoms with Crippen molar-refractivity contribution in [1.29, 1.82) is 0 Å². The Morgan fingerprint density at radius 2 is 1.79 bits per heavy atom. The second kappa shape index (κ2) is 7.41. The van der Waals surface area contributed by atoms with Crippen LogP contribution in [0.15, 0.2) is 47.4 Å². The maximum absolute atomic E-state index is 13.3. The second-order valence-corrected chi connectivity index (χ2v) is 6.53. The summed E-state index contributed by atoms with van der Waals surface area (Å²) < 4.78 is 47.1. The van der Waals surface area contributed by atoms with Crippen molar-refractivity contribution in [3.05, 3.63) is 59.4 Å². The van der Waals surface area contributed by atoms with Gasteiger partial charge >= 0.3 is 5.97 Å². The molecule has 0 aliphatic carbocycles. The lowest BCUT2D eigenvalue weighted by molar-refractivity contribution is 0.0695. The molecule has 0 unspecified atom stereocenters. The lowest BCUT2D eigenvalue weighted by Crippen LogP contribution is -2.13. The van der Waals surface area contributed by atoms with Gasteiger partial charge in [0.05, 0.1) is 10.5 Å². The summed E-state index contributed by atoms with van der Waals surface area (Å²) in [5.41, 5.74) is 0.649. The highest BCUT2D eigenvalue weighted by Crippen LogP contribution is 2.17. The highest BCUT2D eigenvalue weighted by atomic mass is 32.2. The van der Waals surface area contributed by atoms with Gasteiger partial charge < -0.3 is 9.84 Å². The first-order chi connectivity index (χ1) is 11.3. The Morgan fingerprint density at radius 1 is 1.12 bits per heavy atom. The van der Waals surface area contributed by atoms with Crippen molar-refractivity contribution in [2.45, 2.75) is 11.8 Å². The fraction of sp³-hybridized carbons (Fsp3) is 0.188. The van der Waals surface area contributed by atoms with Gasteiger partial charge in [-0.3, -0.25) is 4.18 Å². The first-order valence-electron chi connectivity index (χ1n) is 6.91. The first-order valence-corrected chi connectivity index (χ1v) is 8.31. The molecule has 2 rings (SSSR count). The highest BCUT2D eigenvalue weighted by Gasteiger charge is 2.15. The monoisotopic (exact) mass is 354 g/mol. The van der Waals surface area contributed by atoms with E-state index in [0.717, 1.165) is 23.8 Å². The van der Waals surface area contributed by atoms with E-state index < -0.39 is 21.9 Å². The minimum absolute atomic E-state index is 0.0204. The van der Waals surface area contributed by atoms with Crippen LogP contribution in [0.1, 0.15) is 15.9 Å². The third kappa shape index (κ3) is 4.77. The predicted molar refractivity (Wildman–Crippen MR) is 83.2 cm³/mol. The average molecular weight is 354 g/mol. The van der Waals surface area contributed by atoms with Gasteiger partial charge in [0.25, 0.3) is 10.1 Å². The number of halogens is 1. The Kier molecular flexibility index (Phi) is 5.53. The van der Waals surface area contributed by atoms with Crippen LogP contribution < -0.4 is 4.74 Å². The third-order valence-corrected chi connectivity index (χ3v) is 4.34. The van der Waals surface area contributed by atoms with Crippen molar-refractivity contribution >= 4 is 16.1 Å². The van der Waals surface area contributed by atoms with Gasteiger partial charge in [-0.15, -0.1) is 0 Å². The van der Waals surface area contributed by atoms with Crippen molar-refractivity contribution in [1.82, 2.24) is 0 Å². The number of carbonyl (C=O) groups is 1. The minimum Gasteiger partial charge on any atom is -0.491 e. The number of aryl methyl sites for hydroxylation is 1. The summed E-state index contributed by atoms with van der Waals surface area (Å²) in [5.74, 6) is -2.08. The zero-order valence-corrected chi connectivity index (χ0v) is 13.5. The van der Waals surface area contributed by atoms with Gasteiger partial charge in [0, 0.05) is 6.07 Å². The summed E-state index contributed by atoms with van der Waals surface area (Å²) in [6.45, 7) is 1.35. The van der Waals surface area contributed by atoms with Gasteiger partial charge in [-0.1, -0.05) is 17.7 Å². The van der Waals surface area contributed by atoms with Gasteiger partial charge in [0.1, 0.15) is 24.8 Å². The molecule has 0 fully saturated rings. The van der Waals surface area contributed by atoms with E-state index in [1.807, 2.05) is 6.92 Å². The molecule has 0 radical (unpaired) electrons. The second-order valence-electron chi connectivity index (χ2n) is 4.92. The van der Waals surface area contributed by atoms with E-state index in [0.29, 0.717) is 0 Å². The number of carboxylic acid groups (broad SMARTS) is 1. The summed E-state index contributed by atoms with van der Waals surface area (Å²) in [4.78, 5) is 10.8. The van der Waals surface area contributed by atoms with Crippen molar-refractivity contribution in [3.8, 4) is 5.75 Å². The van der Waals surface area contributed by atoms with Crippen LogP contribution in [0.2, 0.25) is 0 Å². The van der Waals surface area contributed by atoms with Crippen LogP contribution >= 0.6 is 0 Å². The fourth-order valence-electron chi connectivity index (χ4n) is 1.85. The Hall–Kier alpha value is -2.45. The first kappa shape index (κ1) is 17.9. The number of hydrogen-bond donors (Lipinski definition) is 1. The Morgan fingerprint density at radius 3 is 2.42 bits per heavy atom. The number of benzene rings is 2. The Balaban J connectivity index is 1.93. The molecule has 0 aliphatic rings. The molecule has 24 heavy (non-hydrogen) atoms. The predicted octanol–water partition coefficient (Wildman–Crippen LogP) is 2.62. The quantitative estimate of drug-likeness (QED) is 0.607. The number of hydrogen-bond acceptors (Lipinski definition) is 5. The Bertz CT molecular complexity index is 830. The molecule has 2 aromatic carbocycles. The molecule has 0 aliphatic heterocycles. The van der Waals surface area contributed by atoms with Crippen LogP contribution in [0.3, 0.4) is 0 Å². The van der Waals surface area contributed by atoms with Gasteiger partial charge in [-0.05, 0) is 31.2 Å². The zero-order chi connectivity index (χ0) is 17.7. The summed E-state index contributed by atoms with van der Waals surface area (Å²) in [5, 5.41) is 8.83. The van der Waals surface area contributed by atoms with Gasteiger partial charge in [0.15, 0.2) is 0 Å². The standard InChI is InChI=1S/C16H15FO6S/c1-11-2-4-15(5-3-11)24(20,21)23-7-6-22-14-9-12(16(18)19)8-13(17)10-14/h2-5,8-10H,6-7H2,1H3,(H,18,19). The number of ether oxygens (including phenoxy) is 1. The molecular weight excluding hydrogens is 339 g/mol. The van der Waals surface area contributed by atoms with Crippen molar-refractivity contribution in [2.75, 3.05) is 13.2 Å². The fourth-order valence-corrected chi connectivity index (χ4v) is 2.74. The van der Waals surface area contributed by atoms with E-state index >= 15 is 0 Å². The molecule has 128 valence electrons. The zero-order valence-electron chi connectivity index (χ0n) is 12.7. The molecule has 0 atom stereocenters. The van der Waals surface area contributed by atoms with Gasteiger partial charge in [-0.25, -0.2) is 9.18 Å². The Labute approximate surface area is 138 Å². The smallest absolute Gasteiger partial charge is 0.335 e. The van der Waals surface area contributed by atoms with Gasteiger partial charge in [0.2, 0.25) is 0 Å². The van der Waals surface area contributed by atoms with E-state index in [2.05, 4.69) is 0 Å². The lowest BCUT2D eigenvalue weighted by Gasteiger charge is -2.09. The van der Waals surface area contributed by atoms with Crippen LogP contribution in [0.25, 0.3) is 0 Å². The molecule has 0 bridgehead atoms. The summed E-state index contributed by atoms with van der Waals surface area (Å²) in [7, 11) is -3.91. The SMILES string of the molecule is Cc1ccc(S(=O)(=O)OCCOc2cc(F)cc(C(=O)O)c2)cc1. The van der Waals surface area contributed by atoms with Crippen LogP contribution in [-0.2, 0) is 14.3 Å². The van der Waals surface area contributed by atoms with E-state index in [4.69, 9.17) is 14.0 Å². The summed E-state index contributed by atoms with van der Waals surface area (Å²) in [6, 6.07) is 9.14. The van der Waals surface area contributed by atoms with E-state index in [9.17, 15) is 17.6 Å². The maximum Gasteiger partial charge on any atom is 0.335 e. The van der Waals surface area contributed by atoms with Crippen LogP contribution in [0, 0.1) is 12.7 Å².